The lowest BCUT2D eigenvalue weighted by atomic mass is 10.1. The van der Waals surface area contributed by atoms with Crippen LogP contribution >= 0.6 is 0 Å². The number of hydrogen-bond acceptors (Lipinski definition) is 3. The first-order valence-electron chi connectivity index (χ1n) is 4.10. The average Bonchev–Trinajstić information content (AvgIpc) is 2.04. The van der Waals surface area contributed by atoms with E-state index in [0.29, 0.717) is 6.42 Å². The minimum Gasteiger partial charge on any atom is -0.391 e. The van der Waals surface area contributed by atoms with Gasteiger partial charge in [0, 0.05) is 25.2 Å². The molecule has 12 heavy (non-hydrogen) atoms. The summed E-state index contributed by atoms with van der Waals surface area (Å²) in [4.78, 5) is 12.2. The Bertz CT molecular complexity index is 155. The zero-order valence-electron chi connectivity index (χ0n) is 8.13. The van der Waals surface area contributed by atoms with Crippen LogP contribution in [0.25, 0.3) is 0 Å². The number of rotatable bonds is 6. The first-order chi connectivity index (χ1) is 5.63. The normalized spacial score (nSPS) is 12.7. The van der Waals surface area contributed by atoms with Crippen molar-refractivity contribution >= 4 is 6.29 Å². The van der Waals surface area contributed by atoms with Crippen LogP contribution in [0.15, 0.2) is 12.3 Å². The van der Waals surface area contributed by atoms with E-state index >= 15 is 0 Å². The molecule has 0 aromatic rings. The molecule has 0 aliphatic rings. The highest BCUT2D eigenvalue weighted by Crippen LogP contribution is 2.08. The second kappa shape index (κ2) is 5.77. The number of carbonyl (C=O) groups excluding carboxylic acids is 1. The van der Waals surface area contributed by atoms with Crippen molar-refractivity contribution in [3.63, 3.8) is 0 Å². The maximum absolute atomic E-state index is 10.2. The molecular weight excluding hydrogens is 152 g/mol. The molecule has 0 aliphatic heterocycles. The third-order valence-electron chi connectivity index (χ3n) is 1.90. The molecule has 0 saturated heterocycles. The van der Waals surface area contributed by atoms with Crippen LogP contribution in [0, 0.1) is 0 Å². The van der Waals surface area contributed by atoms with Crippen molar-refractivity contribution in [1.29, 1.82) is 0 Å². The lowest BCUT2D eigenvalue weighted by Crippen LogP contribution is -2.34. The van der Waals surface area contributed by atoms with Crippen LogP contribution in [0.2, 0.25) is 0 Å². The van der Waals surface area contributed by atoms with Crippen LogP contribution < -0.4 is 5.32 Å². The van der Waals surface area contributed by atoms with E-state index in [1.54, 1.807) is 0 Å². The molecule has 0 rings (SSSR count). The Labute approximate surface area is 74.4 Å². The van der Waals surface area contributed by atoms with Gasteiger partial charge in [-0.15, -0.1) is 0 Å². The van der Waals surface area contributed by atoms with Crippen molar-refractivity contribution < 1.29 is 4.79 Å². The third kappa shape index (κ3) is 3.53. The van der Waals surface area contributed by atoms with Crippen LogP contribution in [0.1, 0.15) is 12.8 Å². The van der Waals surface area contributed by atoms with Gasteiger partial charge in [-0.3, -0.25) is 0 Å². The van der Waals surface area contributed by atoms with Gasteiger partial charge in [-0.2, -0.15) is 0 Å². The standard InChI is InChI=1S/C9H18N2O/c1-8(10-2)9(11(3)4)6-5-7-12/h7,9-10H,1,5-6H2,2-4H3. The lowest BCUT2D eigenvalue weighted by molar-refractivity contribution is -0.108. The highest BCUT2D eigenvalue weighted by molar-refractivity contribution is 5.49. The first-order valence-corrected chi connectivity index (χ1v) is 4.10. The van der Waals surface area contributed by atoms with Crippen LogP contribution in [-0.4, -0.2) is 38.4 Å². The Balaban J connectivity index is 4.03. The summed E-state index contributed by atoms with van der Waals surface area (Å²) in [6.45, 7) is 3.88. The summed E-state index contributed by atoms with van der Waals surface area (Å²) in [6, 6.07) is 0.250. The molecule has 0 aromatic heterocycles. The molecule has 0 amide bonds. The molecule has 1 atom stereocenters. The molecule has 0 fully saturated rings. The van der Waals surface area contributed by atoms with E-state index in [2.05, 4.69) is 16.8 Å². The second-order valence-corrected chi connectivity index (χ2v) is 3.00. The summed E-state index contributed by atoms with van der Waals surface area (Å²) >= 11 is 0. The van der Waals surface area contributed by atoms with Gasteiger partial charge in [0.1, 0.15) is 6.29 Å². The summed E-state index contributed by atoms with van der Waals surface area (Å²) < 4.78 is 0. The molecular formula is C9H18N2O. The van der Waals surface area contributed by atoms with Crippen LogP contribution in [0.4, 0.5) is 0 Å². The summed E-state index contributed by atoms with van der Waals surface area (Å²) in [7, 11) is 5.82. The first kappa shape index (κ1) is 11.2. The Morgan fingerprint density at radius 2 is 2.25 bits per heavy atom. The molecule has 0 saturated carbocycles. The highest BCUT2D eigenvalue weighted by atomic mass is 16.1. The highest BCUT2D eigenvalue weighted by Gasteiger charge is 2.12. The number of aldehydes is 1. The van der Waals surface area contributed by atoms with Gasteiger partial charge in [-0.1, -0.05) is 6.58 Å². The van der Waals surface area contributed by atoms with E-state index < -0.39 is 0 Å². The molecule has 1 unspecified atom stereocenters. The Kier molecular flexibility index (Phi) is 5.37. The summed E-state index contributed by atoms with van der Waals surface area (Å²) in [6.07, 6.45) is 2.36. The van der Waals surface area contributed by atoms with Gasteiger partial charge in [0.2, 0.25) is 0 Å². The van der Waals surface area contributed by atoms with Gasteiger partial charge < -0.3 is 15.0 Å². The van der Waals surface area contributed by atoms with Crippen molar-refractivity contribution in [3.8, 4) is 0 Å². The maximum Gasteiger partial charge on any atom is 0.120 e. The number of likely N-dealkylation sites (N-methyl/N-ethyl adjacent to an activating group) is 2. The lowest BCUT2D eigenvalue weighted by Gasteiger charge is -2.25. The third-order valence-corrected chi connectivity index (χ3v) is 1.90. The van der Waals surface area contributed by atoms with Crippen molar-refractivity contribution in [2.24, 2.45) is 0 Å². The van der Waals surface area contributed by atoms with Crippen LogP contribution in [0.3, 0.4) is 0 Å². The quantitative estimate of drug-likeness (QED) is 0.593. The molecule has 0 spiro atoms. The van der Waals surface area contributed by atoms with Gasteiger partial charge in [0.15, 0.2) is 0 Å². The molecule has 1 N–H and O–H groups in total. The average molecular weight is 170 g/mol. The van der Waals surface area contributed by atoms with Gasteiger partial charge >= 0.3 is 0 Å². The second-order valence-electron chi connectivity index (χ2n) is 3.00. The largest absolute Gasteiger partial charge is 0.391 e. The van der Waals surface area contributed by atoms with E-state index in [9.17, 15) is 4.79 Å². The molecule has 0 heterocycles. The van der Waals surface area contributed by atoms with Crippen molar-refractivity contribution in [1.82, 2.24) is 10.2 Å². The van der Waals surface area contributed by atoms with Gasteiger partial charge in [0.25, 0.3) is 0 Å². The zero-order chi connectivity index (χ0) is 9.56. The molecule has 70 valence electrons. The Morgan fingerprint density at radius 3 is 2.58 bits per heavy atom. The van der Waals surface area contributed by atoms with E-state index in [0.717, 1.165) is 18.4 Å². The van der Waals surface area contributed by atoms with Crippen molar-refractivity contribution in [3.05, 3.63) is 12.3 Å². The smallest absolute Gasteiger partial charge is 0.120 e. The molecule has 0 bridgehead atoms. The van der Waals surface area contributed by atoms with Gasteiger partial charge in [0.05, 0.1) is 0 Å². The van der Waals surface area contributed by atoms with Crippen molar-refractivity contribution in [2.75, 3.05) is 21.1 Å². The molecule has 3 nitrogen and oxygen atoms in total. The maximum atomic E-state index is 10.2. The number of carbonyl (C=O) groups is 1. The van der Waals surface area contributed by atoms with E-state index in [-0.39, 0.29) is 6.04 Å². The molecule has 0 radical (unpaired) electrons. The predicted molar refractivity (Wildman–Crippen MR) is 51.0 cm³/mol. The molecule has 0 aromatic carbocycles. The summed E-state index contributed by atoms with van der Waals surface area (Å²) in [5, 5.41) is 3.00. The van der Waals surface area contributed by atoms with Crippen molar-refractivity contribution in [2.45, 2.75) is 18.9 Å². The number of hydrogen-bond donors (Lipinski definition) is 1. The van der Waals surface area contributed by atoms with Gasteiger partial charge in [-0.05, 0) is 20.5 Å². The monoisotopic (exact) mass is 170 g/mol. The summed E-state index contributed by atoms with van der Waals surface area (Å²) in [5.41, 5.74) is 0.960. The topological polar surface area (TPSA) is 32.3 Å². The minimum absolute atomic E-state index is 0.250. The summed E-state index contributed by atoms with van der Waals surface area (Å²) in [5.74, 6) is 0. The fraction of sp³-hybridized carbons (Fsp3) is 0.667. The zero-order valence-corrected chi connectivity index (χ0v) is 8.13. The number of nitrogens with zero attached hydrogens (tertiary/aromatic N) is 1. The van der Waals surface area contributed by atoms with E-state index in [1.807, 2.05) is 21.1 Å². The Morgan fingerprint density at radius 1 is 1.67 bits per heavy atom. The molecule has 0 aliphatic carbocycles. The fourth-order valence-electron chi connectivity index (χ4n) is 1.14. The van der Waals surface area contributed by atoms with Gasteiger partial charge in [-0.25, -0.2) is 0 Å². The van der Waals surface area contributed by atoms with Crippen LogP contribution in [-0.2, 0) is 4.79 Å². The minimum atomic E-state index is 0.250. The SMILES string of the molecule is C=C(NC)C(CCC=O)N(C)C. The fourth-order valence-corrected chi connectivity index (χ4v) is 1.14. The molecule has 3 heteroatoms. The van der Waals surface area contributed by atoms with E-state index in [4.69, 9.17) is 0 Å². The Hall–Kier alpha value is -0.830. The predicted octanol–water partition coefficient (Wildman–Crippen LogP) is 0.629. The van der Waals surface area contributed by atoms with Crippen LogP contribution in [0.5, 0.6) is 0 Å². The van der Waals surface area contributed by atoms with E-state index in [1.165, 1.54) is 0 Å². The number of nitrogens with one attached hydrogen (secondary N) is 1.